The van der Waals surface area contributed by atoms with Gasteiger partial charge in [-0.1, -0.05) is 13.8 Å². The third kappa shape index (κ3) is 3.68. The van der Waals surface area contributed by atoms with Crippen molar-refractivity contribution in [3.05, 3.63) is 0 Å². The van der Waals surface area contributed by atoms with Gasteiger partial charge in [-0.2, -0.15) is 15.0 Å². The number of aromatic nitrogens is 3. The summed E-state index contributed by atoms with van der Waals surface area (Å²) >= 11 is 0. The summed E-state index contributed by atoms with van der Waals surface area (Å²) in [5, 5.41) is 0. The monoisotopic (exact) mass is 265 g/mol. The number of hydrogen-bond acceptors (Lipinski definition) is 6. The standard InChI is InChI=1S/C13H23N5O/c1-13(2)7-5-9(6-8-13)19-12-16-10(14)15-11(17-12)18(3)4/h9H,5-8H2,1-4H3,(H2,14,15,16,17). The first-order chi connectivity index (χ1) is 8.85. The van der Waals surface area contributed by atoms with E-state index in [0.29, 0.717) is 17.4 Å². The Labute approximate surface area is 114 Å². The molecule has 6 heteroatoms. The van der Waals surface area contributed by atoms with Crippen molar-refractivity contribution < 1.29 is 4.74 Å². The minimum Gasteiger partial charge on any atom is -0.460 e. The smallest absolute Gasteiger partial charge is 0.323 e. The maximum absolute atomic E-state index is 5.85. The van der Waals surface area contributed by atoms with Crippen molar-refractivity contribution in [1.82, 2.24) is 15.0 Å². The maximum Gasteiger partial charge on any atom is 0.323 e. The fourth-order valence-electron chi connectivity index (χ4n) is 2.25. The van der Waals surface area contributed by atoms with E-state index in [-0.39, 0.29) is 12.1 Å². The van der Waals surface area contributed by atoms with Crippen molar-refractivity contribution in [3.8, 4) is 6.01 Å². The number of rotatable bonds is 3. The summed E-state index contributed by atoms with van der Waals surface area (Å²) in [5.74, 6) is 0.725. The van der Waals surface area contributed by atoms with Gasteiger partial charge in [-0.05, 0) is 31.1 Å². The lowest BCUT2D eigenvalue weighted by molar-refractivity contribution is 0.0907. The first-order valence-corrected chi connectivity index (χ1v) is 6.71. The molecule has 1 aliphatic rings. The molecule has 2 N–H and O–H groups in total. The van der Waals surface area contributed by atoms with Crippen molar-refractivity contribution in [2.24, 2.45) is 5.41 Å². The van der Waals surface area contributed by atoms with Crippen LogP contribution in [0, 0.1) is 5.41 Å². The first-order valence-electron chi connectivity index (χ1n) is 6.71. The zero-order valence-corrected chi connectivity index (χ0v) is 12.2. The molecule has 1 aromatic rings. The highest BCUT2D eigenvalue weighted by atomic mass is 16.5. The van der Waals surface area contributed by atoms with Crippen molar-refractivity contribution in [3.63, 3.8) is 0 Å². The Kier molecular flexibility index (Phi) is 3.78. The Balaban J connectivity index is 2.03. The Morgan fingerprint density at radius 2 is 1.79 bits per heavy atom. The van der Waals surface area contributed by atoms with Gasteiger partial charge >= 0.3 is 6.01 Å². The summed E-state index contributed by atoms with van der Waals surface area (Å²) in [5.41, 5.74) is 6.10. The van der Waals surface area contributed by atoms with Crippen molar-refractivity contribution in [2.75, 3.05) is 24.7 Å². The molecule has 0 saturated heterocycles. The molecule has 1 saturated carbocycles. The molecule has 1 aromatic heterocycles. The van der Waals surface area contributed by atoms with Crippen LogP contribution in [0.25, 0.3) is 0 Å². The molecule has 1 aliphatic carbocycles. The molecule has 6 nitrogen and oxygen atoms in total. The van der Waals surface area contributed by atoms with Gasteiger partial charge in [0.25, 0.3) is 0 Å². The molecular weight excluding hydrogens is 242 g/mol. The summed E-state index contributed by atoms with van der Waals surface area (Å²) in [6.45, 7) is 4.60. The van der Waals surface area contributed by atoms with Gasteiger partial charge in [0, 0.05) is 14.1 Å². The first kappa shape index (κ1) is 13.8. The molecule has 19 heavy (non-hydrogen) atoms. The Morgan fingerprint density at radius 3 is 2.37 bits per heavy atom. The predicted octanol–water partition coefficient (Wildman–Crippen LogP) is 1.87. The highest BCUT2D eigenvalue weighted by molar-refractivity contribution is 5.33. The van der Waals surface area contributed by atoms with Crippen molar-refractivity contribution in [2.45, 2.75) is 45.6 Å². The molecule has 2 rings (SSSR count). The lowest BCUT2D eigenvalue weighted by Gasteiger charge is -2.33. The fourth-order valence-corrected chi connectivity index (χ4v) is 2.25. The molecule has 0 aliphatic heterocycles. The minimum atomic E-state index is 0.185. The highest BCUT2D eigenvalue weighted by Crippen LogP contribution is 2.36. The largest absolute Gasteiger partial charge is 0.460 e. The van der Waals surface area contributed by atoms with E-state index in [1.807, 2.05) is 14.1 Å². The zero-order chi connectivity index (χ0) is 14.0. The summed E-state index contributed by atoms with van der Waals surface area (Å²) in [6.07, 6.45) is 4.59. The van der Waals surface area contributed by atoms with E-state index >= 15 is 0 Å². The van der Waals surface area contributed by atoms with Crippen LogP contribution in [0.4, 0.5) is 11.9 Å². The van der Waals surface area contributed by atoms with Crippen LogP contribution >= 0.6 is 0 Å². The third-order valence-corrected chi connectivity index (χ3v) is 3.58. The lowest BCUT2D eigenvalue weighted by Crippen LogP contribution is -2.29. The third-order valence-electron chi connectivity index (χ3n) is 3.58. The predicted molar refractivity (Wildman–Crippen MR) is 75.2 cm³/mol. The number of ether oxygens (including phenoxy) is 1. The SMILES string of the molecule is CN(C)c1nc(N)nc(OC2CCC(C)(C)CC2)n1. The number of nitrogens with zero attached hydrogens (tertiary/aromatic N) is 4. The van der Waals surface area contributed by atoms with E-state index in [4.69, 9.17) is 10.5 Å². The van der Waals surface area contributed by atoms with Crippen molar-refractivity contribution >= 4 is 11.9 Å². The molecule has 1 fully saturated rings. The molecule has 0 amide bonds. The van der Waals surface area contributed by atoms with E-state index in [2.05, 4.69) is 28.8 Å². The van der Waals surface area contributed by atoms with E-state index in [0.717, 1.165) is 12.8 Å². The van der Waals surface area contributed by atoms with E-state index in [9.17, 15) is 0 Å². The number of nitrogens with two attached hydrogens (primary N) is 1. The Morgan fingerprint density at radius 1 is 1.16 bits per heavy atom. The second-order valence-electron chi connectivity index (χ2n) is 6.15. The zero-order valence-electron chi connectivity index (χ0n) is 12.2. The van der Waals surface area contributed by atoms with Gasteiger partial charge in [-0.15, -0.1) is 0 Å². The second-order valence-corrected chi connectivity index (χ2v) is 6.15. The average molecular weight is 265 g/mol. The van der Waals surface area contributed by atoms with E-state index in [1.165, 1.54) is 12.8 Å². The number of hydrogen-bond donors (Lipinski definition) is 1. The van der Waals surface area contributed by atoms with Crippen LogP contribution in [0.15, 0.2) is 0 Å². The van der Waals surface area contributed by atoms with Crippen molar-refractivity contribution in [1.29, 1.82) is 0 Å². The van der Waals surface area contributed by atoms with Crippen LogP contribution in [0.1, 0.15) is 39.5 Å². The Bertz CT molecular complexity index is 437. The molecule has 0 spiro atoms. The van der Waals surface area contributed by atoms with Gasteiger partial charge in [0.1, 0.15) is 6.10 Å². The molecule has 106 valence electrons. The lowest BCUT2D eigenvalue weighted by atomic mass is 9.76. The van der Waals surface area contributed by atoms with Gasteiger partial charge in [0.05, 0.1) is 0 Å². The summed E-state index contributed by atoms with van der Waals surface area (Å²) in [4.78, 5) is 14.2. The molecule has 0 radical (unpaired) electrons. The van der Waals surface area contributed by atoms with Crippen LogP contribution < -0.4 is 15.4 Å². The van der Waals surface area contributed by atoms with Gasteiger partial charge in [-0.3, -0.25) is 0 Å². The highest BCUT2D eigenvalue weighted by Gasteiger charge is 2.28. The topological polar surface area (TPSA) is 77.2 Å². The Hall–Kier alpha value is -1.59. The molecule has 0 bridgehead atoms. The quantitative estimate of drug-likeness (QED) is 0.899. The van der Waals surface area contributed by atoms with Crippen LogP contribution in [0.2, 0.25) is 0 Å². The second kappa shape index (κ2) is 5.19. The van der Waals surface area contributed by atoms with Crippen LogP contribution in [0.3, 0.4) is 0 Å². The van der Waals surface area contributed by atoms with Gasteiger partial charge in [0.15, 0.2) is 0 Å². The average Bonchev–Trinajstić information content (AvgIpc) is 2.31. The molecule has 0 atom stereocenters. The maximum atomic E-state index is 5.85. The van der Waals surface area contributed by atoms with E-state index < -0.39 is 0 Å². The van der Waals surface area contributed by atoms with Crippen LogP contribution in [-0.4, -0.2) is 35.2 Å². The molecule has 0 aromatic carbocycles. The summed E-state index contributed by atoms with van der Waals surface area (Å²) < 4.78 is 5.85. The normalized spacial score (nSPS) is 19.2. The van der Waals surface area contributed by atoms with Crippen LogP contribution in [0.5, 0.6) is 6.01 Å². The summed E-state index contributed by atoms with van der Waals surface area (Å²) in [7, 11) is 3.73. The molecular formula is C13H23N5O. The molecule has 0 unspecified atom stereocenters. The van der Waals surface area contributed by atoms with Gasteiger partial charge in [-0.25, -0.2) is 0 Å². The molecule has 1 heterocycles. The van der Waals surface area contributed by atoms with Crippen LogP contribution in [-0.2, 0) is 0 Å². The minimum absolute atomic E-state index is 0.185. The number of anilines is 2. The van der Waals surface area contributed by atoms with Gasteiger partial charge < -0.3 is 15.4 Å². The number of nitrogen functional groups attached to an aromatic ring is 1. The van der Waals surface area contributed by atoms with Gasteiger partial charge in [0.2, 0.25) is 11.9 Å². The summed E-state index contributed by atoms with van der Waals surface area (Å²) in [6, 6.07) is 0.334. The van der Waals surface area contributed by atoms with E-state index in [1.54, 1.807) is 4.90 Å². The fraction of sp³-hybridized carbons (Fsp3) is 0.769.